The Morgan fingerprint density at radius 2 is 1.83 bits per heavy atom. The van der Waals surface area contributed by atoms with Gasteiger partial charge in [-0.1, -0.05) is 0 Å². The Balaban J connectivity index is 2.03. The second kappa shape index (κ2) is 10.8. The minimum atomic E-state index is -4.75. The Bertz CT molecular complexity index is 1950. The third kappa shape index (κ3) is 6.41. The highest BCUT2D eigenvalue weighted by molar-refractivity contribution is 7.86. The fourth-order valence-corrected chi connectivity index (χ4v) is 4.94. The number of phenols is 2. The summed E-state index contributed by atoms with van der Waals surface area (Å²) in [6, 6.07) is 6.07. The van der Waals surface area contributed by atoms with Gasteiger partial charge in [0.1, 0.15) is 29.2 Å². The highest BCUT2D eigenvalue weighted by Crippen LogP contribution is 2.45. The van der Waals surface area contributed by atoms with Crippen molar-refractivity contribution in [2.24, 2.45) is 10.2 Å². The molecule has 214 valence electrons. The van der Waals surface area contributed by atoms with Crippen molar-refractivity contribution in [2.75, 3.05) is 18.2 Å². The summed E-state index contributed by atoms with van der Waals surface area (Å²) in [5.41, 5.74) is 3.68. The molecule has 0 bridgehead atoms. The van der Waals surface area contributed by atoms with Crippen LogP contribution in [0.3, 0.4) is 0 Å². The Kier molecular flexibility index (Phi) is 7.66. The zero-order valence-electron chi connectivity index (χ0n) is 20.5. The lowest BCUT2D eigenvalue weighted by molar-refractivity contribution is -0.384. The molecule has 1 aromatic heterocycles. The van der Waals surface area contributed by atoms with E-state index in [-0.39, 0.29) is 33.9 Å². The van der Waals surface area contributed by atoms with Crippen LogP contribution in [0.5, 0.6) is 11.5 Å². The number of nitrogen functional groups attached to an aromatic ring is 1. The Hall–Kier alpha value is -5.05. The molecule has 0 unspecified atom stereocenters. The highest BCUT2D eigenvalue weighted by atomic mass is 32.2. The molecular weight excluding hydrogens is 588 g/mol. The summed E-state index contributed by atoms with van der Waals surface area (Å²) in [4.78, 5) is 21.3. The van der Waals surface area contributed by atoms with E-state index in [0.29, 0.717) is 0 Å². The summed E-state index contributed by atoms with van der Waals surface area (Å²) in [6.07, 6.45) is 1.05. The van der Waals surface area contributed by atoms with Gasteiger partial charge in [-0.3, -0.25) is 18.9 Å². The summed E-state index contributed by atoms with van der Waals surface area (Å²) in [7, 11) is -8.18. The van der Waals surface area contributed by atoms with E-state index in [2.05, 4.69) is 34.7 Å². The van der Waals surface area contributed by atoms with E-state index in [1.807, 2.05) is 0 Å². The number of aromatic hydroxyl groups is 2. The van der Waals surface area contributed by atoms with Crippen LogP contribution >= 0.6 is 0 Å². The number of aromatic nitrogens is 3. The van der Waals surface area contributed by atoms with Crippen molar-refractivity contribution in [3.8, 4) is 11.5 Å². The van der Waals surface area contributed by atoms with E-state index in [0.717, 1.165) is 49.8 Å². The van der Waals surface area contributed by atoms with Gasteiger partial charge in [-0.2, -0.15) is 21.8 Å². The number of fused-ring (bicyclic) bond motifs is 1. The van der Waals surface area contributed by atoms with Crippen molar-refractivity contribution in [1.29, 1.82) is 0 Å². The monoisotopic (exact) mass is 606 g/mol. The largest absolute Gasteiger partial charge is 0.506 e. The van der Waals surface area contributed by atoms with Gasteiger partial charge in [0.05, 0.1) is 22.6 Å². The van der Waals surface area contributed by atoms with Crippen LogP contribution < -0.4 is 11.1 Å². The number of phenolic OH excluding ortho intramolecular Hbond substituents is 2. The zero-order chi connectivity index (χ0) is 30.1. The predicted molar refractivity (Wildman–Crippen MR) is 142 cm³/mol. The van der Waals surface area contributed by atoms with Gasteiger partial charge in [-0.05, 0) is 29.7 Å². The second-order valence-corrected chi connectivity index (χ2v) is 11.2. The van der Waals surface area contributed by atoms with Crippen molar-refractivity contribution in [3.05, 3.63) is 58.4 Å². The number of nitrogens with zero attached hydrogens (tertiary/aromatic N) is 6. The number of nitro benzene ring substituents is 1. The lowest BCUT2D eigenvalue weighted by atomic mass is 10.0. The van der Waals surface area contributed by atoms with Crippen molar-refractivity contribution in [1.82, 2.24) is 15.0 Å². The lowest BCUT2D eigenvalue weighted by Crippen LogP contribution is -2.07. The quantitative estimate of drug-likeness (QED) is 0.0601. The third-order valence-corrected chi connectivity index (χ3v) is 7.28. The number of benzene rings is 3. The smallest absolute Gasteiger partial charge is 0.296 e. The molecular formula is C21H18N8O10S2. The van der Waals surface area contributed by atoms with Gasteiger partial charge in [0.2, 0.25) is 11.9 Å². The second-order valence-electron chi connectivity index (χ2n) is 8.07. The molecule has 0 saturated heterocycles. The number of non-ortho nitro benzene ring substituents is 1. The third-order valence-electron chi connectivity index (χ3n) is 5.35. The number of hydrogen-bond acceptors (Lipinski definition) is 16. The summed E-state index contributed by atoms with van der Waals surface area (Å²) >= 11 is 0. The molecule has 0 atom stereocenters. The van der Waals surface area contributed by atoms with Crippen LogP contribution in [0.25, 0.3) is 10.8 Å². The number of nitro groups is 1. The summed E-state index contributed by atoms with van der Waals surface area (Å²) in [5, 5.41) is 42.5. The van der Waals surface area contributed by atoms with Gasteiger partial charge < -0.3 is 21.3 Å². The van der Waals surface area contributed by atoms with Gasteiger partial charge in [-0.15, -0.1) is 10.2 Å². The van der Waals surface area contributed by atoms with E-state index in [4.69, 9.17) is 5.73 Å². The topological polar surface area (TPSA) is 283 Å². The van der Waals surface area contributed by atoms with Gasteiger partial charge in [-0.25, -0.2) is 9.97 Å². The number of nitrogens with one attached hydrogen (secondary N) is 1. The standard InChI is InChI=1S/C21H18N8O10S2/c1-39-41(37,38)13-5-10-4-11(8-40(34,35)36)18(28-27-14-6-12(29(32)33)2-3-16(14)30)19(31)17(10)15(7-13)25-21-24-9-23-20(22)26-21/h2-7,9,30-31H,8H2,1H3,(H,34,35,36)(H3,22,23,24,25,26). The lowest BCUT2D eigenvalue weighted by Gasteiger charge is -2.16. The van der Waals surface area contributed by atoms with Crippen molar-refractivity contribution < 1.29 is 40.7 Å². The zero-order valence-corrected chi connectivity index (χ0v) is 22.2. The molecule has 6 N–H and O–H groups in total. The van der Waals surface area contributed by atoms with Crippen LogP contribution in [-0.2, 0) is 30.2 Å². The first-order chi connectivity index (χ1) is 19.2. The van der Waals surface area contributed by atoms with Gasteiger partial charge in [0.25, 0.3) is 25.9 Å². The Labute approximate surface area is 230 Å². The molecule has 0 aliphatic carbocycles. The maximum atomic E-state index is 12.5. The average Bonchev–Trinajstić information content (AvgIpc) is 2.88. The summed E-state index contributed by atoms with van der Waals surface area (Å²) < 4.78 is 62.7. The normalized spacial score (nSPS) is 12.1. The molecule has 0 saturated carbocycles. The predicted octanol–water partition coefficient (Wildman–Crippen LogP) is 2.81. The molecule has 0 fully saturated rings. The molecule has 0 aliphatic rings. The van der Waals surface area contributed by atoms with Gasteiger partial charge in [0, 0.05) is 23.1 Å². The van der Waals surface area contributed by atoms with Crippen LogP contribution in [0.4, 0.5) is 34.6 Å². The number of anilines is 3. The van der Waals surface area contributed by atoms with Crippen LogP contribution in [0.2, 0.25) is 0 Å². The number of azo groups is 1. The first kappa shape index (κ1) is 28.9. The van der Waals surface area contributed by atoms with E-state index in [1.165, 1.54) is 0 Å². The first-order valence-corrected chi connectivity index (χ1v) is 13.9. The minimum Gasteiger partial charge on any atom is -0.506 e. The molecule has 4 rings (SSSR count). The molecule has 41 heavy (non-hydrogen) atoms. The molecule has 3 aromatic carbocycles. The Morgan fingerprint density at radius 3 is 2.46 bits per heavy atom. The minimum absolute atomic E-state index is 0.0686. The molecule has 20 heteroatoms. The Morgan fingerprint density at radius 1 is 1.10 bits per heavy atom. The molecule has 0 amide bonds. The van der Waals surface area contributed by atoms with Crippen molar-refractivity contribution in [3.63, 3.8) is 0 Å². The van der Waals surface area contributed by atoms with E-state index in [9.17, 15) is 41.7 Å². The number of rotatable bonds is 9. The van der Waals surface area contributed by atoms with Crippen molar-refractivity contribution >= 4 is 65.7 Å². The van der Waals surface area contributed by atoms with Crippen LogP contribution in [-0.4, -0.2) is 58.6 Å². The number of nitrogens with two attached hydrogens (primary N) is 1. The molecule has 4 aromatic rings. The highest BCUT2D eigenvalue weighted by Gasteiger charge is 2.24. The maximum absolute atomic E-state index is 12.5. The van der Waals surface area contributed by atoms with E-state index >= 15 is 0 Å². The van der Waals surface area contributed by atoms with Crippen molar-refractivity contribution in [2.45, 2.75) is 10.6 Å². The summed E-state index contributed by atoms with van der Waals surface area (Å²) in [6.45, 7) is 0. The van der Waals surface area contributed by atoms with Crippen LogP contribution in [0.15, 0.2) is 57.8 Å². The fourth-order valence-electron chi connectivity index (χ4n) is 3.60. The molecule has 1 heterocycles. The summed E-state index contributed by atoms with van der Waals surface area (Å²) in [5.74, 6) is -2.77. The van der Waals surface area contributed by atoms with Gasteiger partial charge in [0.15, 0.2) is 5.75 Å². The van der Waals surface area contributed by atoms with Gasteiger partial charge >= 0.3 is 0 Å². The molecule has 18 nitrogen and oxygen atoms in total. The molecule has 0 radical (unpaired) electrons. The van der Waals surface area contributed by atoms with E-state index < -0.39 is 64.4 Å². The molecule has 0 aliphatic heterocycles. The average molecular weight is 607 g/mol. The maximum Gasteiger partial charge on any atom is 0.296 e. The molecule has 0 spiro atoms. The first-order valence-electron chi connectivity index (χ1n) is 10.9. The van der Waals surface area contributed by atoms with Crippen LogP contribution in [0, 0.1) is 10.1 Å². The SMILES string of the molecule is COS(=O)(=O)c1cc(Nc2ncnc(N)n2)c2c(O)c(N=Nc3cc([N+](=O)[O-])ccc3O)c(CS(=O)(=O)O)cc2c1. The fraction of sp³-hybridized carbons (Fsp3) is 0.0952. The number of hydrogen-bond donors (Lipinski definition) is 5. The van der Waals surface area contributed by atoms with Crippen LogP contribution in [0.1, 0.15) is 5.56 Å². The van der Waals surface area contributed by atoms with E-state index in [1.54, 1.807) is 0 Å².